The van der Waals surface area contributed by atoms with Gasteiger partial charge < -0.3 is 4.42 Å². The fourth-order valence-electron chi connectivity index (χ4n) is 11.1. The summed E-state index contributed by atoms with van der Waals surface area (Å²) in [6.45, 7) is 29.2. The molecule has 4 aliphatic rings. The van der Waals surface area contributed by atoms with Crippen LogP contribution in [-0.4, -0.2) is 16.8 Å². The van der Waals surface area contributed by atoms with Gasteiger partial charge in [-0.15, -0.1) is 6.58 Å². The Morgan fingerprint density at radius 2 is 1.23 bits per heavy atom. The van der Waals surface area contributed by atoms with Crippen molar-refractivity contribution in [2.45, 2.75) is 159 Å². The van der Waals surface area contributed by atoms with E-state index in [1.807, 2.05) is 12.5 Å². The molecule has 4 aliphatic carbocycles. The SMILES string of the molecule is C=CC(C)(C)CCC1(C)C(C)CCC2(C)C(C)CCCC21.CC1CCC2(C)C(C)CCCC2C1(C)CCc1ccoc1.[B].[B]. The summed E-state index contributed by atoms with van der Waals surface area (Å²) >= 11 is 0. The highest BCUT2D eigenvalue weighted by atomic mass is 16.3. The molecule has 1 nitrogen and oxygen atoms in total. The number of furan rings is 1. The van der Waals surface area contributed by atoms with Crippen LogP contribution in [0.4, 0.5) is 0 Å². The molecule has 246 valence electrons. The molecule has 0 saturated heterocycles. The van der Waals surface area contributed by atoms with Gasteiger partial charge in [-0.1, -0.05) is 101 Å². The summed E-state index contributed by atoms with van der Waals surface area (Å²) in [6, 6.07) is 2.14. The van der Waals surface area contributed by atoms with E-state index in [0.717, 1.165) is 35.5 Å². The Morgan fingerprint density at radius 3 is 1.66 bits per heavy atom. The monoisotopic (exact) mass is 601 g/mol. The maximum atomic E-state index is 5.26. The number of allylic oxidation sites excluding steroid dienone is 1. The van der Waals surface area contributed by atoms with Crippen LogP contribution >= 0.6 is 0 Å². The summed E-state index contributed by atoms with van der Waals surface area (Å²) in [5, 5.41) is 0. The summed E-state index contributed by atoms with van der Waals surface area (Å²) in [4.78, 5) is 0. The van der Waals surface area contributed by atoms with Gasteiger partial charge in [-0.05, 0) is 138 Å². The summed E-state index contributed by atoms with van der Waals surface area (Å²) in [6.07, 6.45) is 25.5. The average Bonchev–Trinajstić information content (AvgIpc) is 3.48. The number of hydrogen-bond donors (Lipinski definition) is 0. The van der Waals surface area contributed by atoms with Crippen molar-refractivity contribution >= 4 is 16.8 Å². The van der Waals surface area contributed by atoms with E-state index < -0.39 is 0 Å². The molecule has 1 heterocycles. The lowest BCUT2D eigenvalue weighted by atomic mass is 9.44. The summed E-state index contributed by atoms with van der Waals surface area (Å²) in [7, 11) is 0. The Hall–Kier alpha value is -0.850. The zero-order valence-corrected chi connectivity index (χ0v) is 30.9. The van der Waals surface area contributed by atoms with Crippen LogP contribution in [0.2, 0.25) is 0 Å². The van der Waals surface area contributed by atoms with Gasteiger partial charge in [-0.2, -0.15) is 0 Å². The van der Waals surface area contributed by atoms with Crippen molar-refractivity contribution in [2.75, 3.05) is 0 Å². The van der Waals surface area contributed by atoms with Crippen LogP contribution in [0.15, 0.2) is 35.7 Å². The molecule has 5 rings (SSSR count). The standard InChI is InChI=1S/C21H38.C20H32O.2B/c1-8-19(4,5)14-15-21(7)17(3)12-13-20(6)16(2)10-9-11-18(20)21;1-15-6-5-7-18-19(15,3)11-8-16(2)20(18,4)12-9-17-10-13-21-14-17;;/h8,16-18H,1,9-15H2,2-7H3;10,13-16,18H,5-9,11-12H2,1-4H3;;. The van der Waals surface area contributed by atoms with Crippen molar-refractivity contribution in [3.05, 3.63) is 36.8 Å². The van der Waals surface area contributed by atoms with Gasteiger partial charge in [0.25, 0.3) is 0 Å². The Kier molecular flexibility index (Phi) is 13.3. The fraction of sp³-hybridized carbons (Fsp3) is 0.854. The Balaban J connectivity index is 0.000000293. The Labute approximate surface area is 279 Å². The number of rotatable bonds is 7. The largest absolute Gasteiger partial charge is 0.472 e. The van der Waals surface area contributed by atoms with E-state index in [1.54, 1.807) is 0 Å². The highest BCUT2D eigenvalue weighted by Gasteiger charge is 2.56. The quantitative estimate of drug-likeness (QED) is 0.224. The zero-order chi connectivity index (χ0) is 31.0. The first-order valence-electron chi connectivity index (χ1n) is 18.3. The third-order valence-corrected chi connectivity index (χ3v) is 15.6. The topological polar surface area (TPSA) is 13.1 Å². The molecule has 0 aromatic carbocycles. The summed E-state index contributed by atoms with van der Waals surface area (Å²) in [5.74, 6) is 5.38. The van der Waals surface area contributed by atoms with Gasteiger partial charge >= 0.3 is 0 Å². The van der Waals surface area contributed by atoms with Crippen molar-refractivity contribution in [1.82, 2.24) is 0 Å². The first-order valence-corrected chi connectivity index (χ1v) is 18.3. The molecule has 44 heavy (non-hydrogen) atoms. The van der Waals surface area contributed by atoms with Crippen molar-refractivity contribution in [1.29, 1.82) is 0 Å². The summed E-state index contributed by atoms with van der Waals surface area (Å²) < 4.78 is 5.26. The van der Waals surface area contributed by atoms with Gasteiger partial charge in [-0.3, -0.25) is 0 Å². The molecule has 10 unspecified atom stereocenters. The van der Waals surface area contributed by atoms with Gasteiger partial charge in [0.2, 0.25) is 0 Å². The van der Waals surface area contributed by atoms with Gasteiger partial charge in [0.1, 0.15) is 0 Å². The molecule has 0 bridgehead atoms. The van der Waals surface area contributed by atoms with Crippen molar-refractivity contribution in [2.24, 2.45) is 62.6 Å². The van der Waals surface area contributed by atoms with Crippen molar-refractivity contribution in [3.8, 4) is 0 Å². The van der Waals surface area contributed by atoms with E-state index in [-0.39, 0.29) is 22.2 Å². The van der Waals surface area contributed by atoms with Crippen LogP contribution in [0.3, 0.4) is 0 Å². The van der Waals surface area contributed by atoms with E-state index in [1.165, 1.54) is 95.5 Å². The minimum atomic E-state index is 0. The van der Waals surface area contributed by atoms with Crippen LogP contribution < -0.4 is 0 Å². The molecule has 0 amide bonds. The van der Waals surface area contributed by atoms with Gasteiger partial charge in [0, 0.05) is 16.8 Å². The van der Waals surface area contributed by atoms with E-state index in [9.17, 15) is 0 Å². The maximum absolute atomic E-state index is 5.26. The average molecular weight is 601 g/mol. The molecule has 1 aromatic rings. The van der Waals surface area contributed by atoms with E-state index in [0.29, 0.717) is 21.7 Å². The fourth-order valence-corrected chi connectivity index (χ4v) is 11.1. The highest BCUT2D eigenvalue weighted by molar-refractivity contribution is 5.76. The van der Waals surface area contributed by atoms with Gasteiger partial charge in [0.15, 0.2) is 0 Å². The molecular weight excluding hydrogens is 530 g/mol. The lowest BCUT2D eigenvalue weighted by molar-refractivity contribution is -0.111. The molecule has 4 fully saturated rings. The molecule has 10 atom stereocenters. The van der Waals surface area contributed by atoms with Crippen LogP contribution in [0.1, 0.15) is 158 Å². The lowest BCUT2D eigenvalue weighted by Gasteiger charge is -2.60. The molecule has 3 heteroatoms. The first-order chi connectivity index (χ1) is 19.6. The minimum absolute atomic E-state index is 0. The van der Waals surface area contributed by atoms with E-state index in [4.69, 9.17) is 4.42 Å². The van der Waals surface area contributed by atoms with Crippen LogP contribution in [0.5, 0.6) is 0 Å². The number of hydrogen-bond acceptors (Lipinski definition) is 1. The maximum Gasteiger partial charge on any atom is 0.0934 e. The lowest BCUT2D eigenvalue weighted by Crippen LogP contribution is -2.52. The van der Waals surface area contributed by atoms with Gasteiger partial charge in [-0.25, -0.2) is 0 Å². The van der Waals surface area contributed by atoms with E-state index in [2.05, 4.69) is 88.0 Å². The van der Waals surface area contributed by atoms with Crippen LogP contribution in [0.25, 0.3) is 0 Å². The second-order valence-corrected chi connectivity index (χ2v) is 18.0. The highest BCUT2D eigenvalue weighted by Crippen LogP contribution is 2.64. The first kappa shape index (κ1) is 39.3. The normalized spacial score (nSPS) is 41.9. The minimum Gasteiger partial charge on any atom is -0.472 e. The van der Waals surface area contributed by atoms with Crippen LogP contribution in [-0.2, 0) is 6.42 Å². The van der Waals surface area contributed by atoms with Crippen molar-refractivity contribution in [3.63, 3.8) is 0 Å². The molecule has 1 aromatic heterocycles. The number of aryl methyl sites for hydroxylation is 1. The molecular formula is C41H70B2O. The second-order valence-electron chi connectivity index (χ2n) is 18.0. The predicted octanol–water partition coefficient (Wildman–Crippen LogP) is 12.2. The molecule has 0 N–H and O–H groups in total. The third-order valence-electron chi connectivity index (χ3n) is 15.6. The smallest absolute Gasteiger partial charge is 0.0934 e. The third kappa shape index (κ3) is 7.48. The molecule has 6 radical (unpaired) electrons. The molecule has 0 spiro atoms. The predicted molar refractivity (Wildman–Crippen MR) is 194 cm³/mol. The Morgan fingerprint density at radius 1 is 0.750 bits per heavy atom. The zero-order valence-electron chi connectivity index (χ0n) is 30.9. The van der Waals surface area contributed by atoms with Crippen LogP contribution in [0, 0.1) is 62.6 Å². The number of fused-ring (bicyclic) bond motifs is 2. The Bertz CT molecular complexity index is 1020. The molecule has 0 aliphatic heterocycles. The van der Waals surface area contributed by atoms with Crippen molar-refractivity contribution < 1.29 is 4.42 Å². The van der Waals surface area contributed by atoms with E-state index >= 15 is 0 Å². The second kappa shape index (κ2) is 14.9. The summed E-state index contributed by atoms with van der Waals surface area (Å²) in [5.41, 5.74) is 3.87. The molecule has 4 saturated carbocycles. The van der Waals surface area contributed by atoms with Gasteiger partial charge in [0.05, 0.1) is 12.5 Å².